The number of hydrogen-bond acceptors (Lipinski definition) is 3. The molecule has 0 aliphatic carbocycles. The van der Waals surface area contributed by atoms with Gasteiger partial charge in [-0.1, -0.05) is 23.5 Å². The topological polar surface area (TPSA) is 39.1 Å². The SMILES string of the molecule is Cc1csc(=O)n1CC(=O)c1cccc(F)c1. The van der Waals surface area contributed by atoms with E-state index in [1.165, 1.54) is 28.8 Å². The molecule has 17 heavy (non-hydrogen) atoms. The van der Waals surface area contributed by atoms with Crippen molar-refractivity contribution in [3.8, 4) is 0 Å². The van der Waals surface area contributed by atoms with Crippen molar-refractivity contribution < 1.29 is 9.18 Å². The molecule has 0 aliphatic rings. The lowest BCUT2D eigenvalue weighted by Gasteiger charge is -2.03. The Morgan fingerprint density at radius 3 is 2.82 bits per heavy atom. The summed E-state index contributed by atoms with van der Waals surface area (Å²) in [7, 11) is 0. The van der Waals surface area contributed by atoms with Crippen molar-refractivity contribution in [3.05, 3.63) is 56.4 Å². The van der Waals surface area contributed by atoms with E-state index in [2.05, 4.69) is 0 Å². The molecule has 0 saturated carbocycles. The van der Waals surface area contributed by atoms with Crippen LogP contribution < -0.4 is 4.87 Å². The number of nitrogens with zero attached hydrogens (tertiary/aromatic N) is 1. The van der Waals surface area contributed by atoms with Crippen LogP contribution in [0, 0.1) is 12.7 Å². The molecule has 2 aromatic rings. The Labute approximate surface area is 101 Å². The van der Waals surface area contributed by atoms with Crippen LogP contribution in [0.3, 0.4) is 0 Å². The number of halogens is 1. The van der Waals surface area contributed by atoms with Gasteiger partial charge in [0, 0.05) is 16.6 Å². The van der Waals surface area contributed by atoms with Gasteiger partial charge in [-0.2, -0.15) is 0 Å². The summed E-state index contributed by atoms with van der Waals surface area (Å²) < 4.78 is 14.3. The molecule has 0 radical (unpaired) electrons. The summed E-state index contributed by atoms with van der Waals surface area (Å²) in [5, 5.41) is 1.70. The van der Waals surface area contributed by atoms with Crippen molar-refractivity contribution in [2.45, 2.75) is 13.5 Å². The van der Waals surface area contributed by atoms with Gasteiger partial charge in [-0.3, -0.25) is 14.2 Å². The first-order valence-electron chi connectivity index (χ1n) is 5.01. The van der Waals surface area contributed by atoms with Gasteiger partial charge in [0.15, 0.2) is 5.78 Å². The van der Waals surface area contributed by atoms with Crippen LogP contribution in [0.25, 0.3) is 0 Å². The molecule has 0 bridgehead atoms. The third kappa shape index (κ3) is 2.50. The molecule has 0 saturated heterocycles. The minimum atomic E-state index is -0.453. The van der Waals surface area contributed by atoms with Crippen molar-refractivity contribution in [1.82, 2.24) is 4.57 Å². The summed E-state index contributed by atoms with van der Waals surface area (Å²) in [4.78, 5) is 23.1. The highest BCUT2D eigenvalue weighted by Gasteiger charge is 2.11. The maximum Gasteiger partial charge on any atom is 0.307 e. The summed E-state index contributed by atoms with van der Waals surface area (Å²) in [5.41, 5.74) is 1.02. The van der Waals surface area contributed by atoms with Crippen LogP contribution in [0.4, 0.5) is 4.39 Å². The quantitative estimate of drug-likeness (QED) is 0.785. The van der Waals surface area contributed by atoms with Gasteiger partial charge in [0.1, 0.15) is 5.82 Å². The Hall–Kier alpha value is -1.75. The van der Waals surface area contributed by atoms with Crippen LogP contribution in [0.5, 0.6) is 0 Å². The number of hydrogen-bond donors (Lipinski definition) is 0. The number of benzene rings is 1. The second kappa shape index (κ2) is 4.63. The van der Waals surface area contributed by atoms with Crippen LogP contribution in [0.15, 0.2) is 34.4 Å². The van der Waals surface area contributed by atoms with E-state index in [4.69, 9.17) is 0 Å². The lowest BCUT2D eigenvalue weighted by Crippen LogP contribution is -2.20. The zero-order chi connectivity index (χ0) is 12.4. The van der Waals surface area contributed by atoms with Crippen LogP contribution >= 0.6 is 11.3 Å². The summed E-state index contributed by atoms with van der Waals surface area (Å²) >= 11 is 1.05. The number of thiazole rings is 1. The second-order valence-corrected chi connectivity index (χ2v) is 4.48. The number of aryl methyl sites for hydroxylation is 1. The molecule has 1 heterocycles. The van der Waals surface area contributed by atoms with Gasteiger partial charge in [-0.15, -0.1) is 0 Å². The van der Waals surface area contributed by atoms with Crippen molar-refractivity contribution in [2.24, 2.45) is 0 Å². The molecular weight excluding hydrogens is 241 g/mol. The van der Waals surface area contributed by atoms with Gasteiger partial charge >= 0.3 is 4.87 Å². The average Bonchev–Trinajstić information content (AvgIpc) is 2.61. The van der Waals surface area contributed by atoms with Gasteiger partial charge in [-0.25, -0.2) is 4.39 Å². The van der Waals surface area contributed by atoms with Crippen molar-refractivity contribution in [1.29, 1.82) is 0 Å². The second-order valence-electron chi connectivity index (χ2n) is 3.66. The number of carbonyl (C=O) groups excluding carboxylic acids is 1. The molecule has 1 aromatic heterocycles. The van der Waals surface area contributed by atoms with Gasteiger partial charge in [0.25, 0.3) is 0 Å². The molecule has 5 heteroatoms. The van der Waals surface area contributed by atoms with Crippen molar-refractivity contribution in [3.63, 3.8) is 0 Å². The molecule has 0 fully saturated rings. The third-order valence-corrected chi connectivity index (χ3v) is 3.31. The van der Waals surface area contributed by atoms with E-state index >= 15 is 0 Å². The lowest BCUT2D eigenvalue weighted by atomic mass is 10.1. The highest BCUT2D eigenvalue weighted by atomic mass is 32.1. The van der Waals surface area contributed by atoms with E-state index in [9.17, 15) is 14.0 Å². The molecule has 2 rings (SSSR count). The normalized spacial score (nSPS) is 10.5. The minimum Gasteiger partial charge on any atom is -0.296 e. The predicted octanol–water partition coefficient (Wildman–Crippen LogP) is 2.24. The first kappa shape index (κ1) is 11.7. The van der Waals surface area contributed by atoms with Crippen LogP contribution in [-0.2, 0) is 6.54 Å². The fraction of sp³-hybridized carbons (Fsp3) is 0.167. The summed E-state index contributed by atoms with van der Waals surface area (Å²) in [6.45, 7) is 1.72. The Kier molecular flexibility index (Phi) is 3.19. The molecule has 0 N–H and O–H groups in total. The summed E-state index contributed by atoms with van der Waals surface area (Å²) in [5.74, 6) is -0.724. The molecule has 0 amide bonds. The summed E-state index contributed by atoms with van der Waals surface area (Å²) in [6, 6.07) is 5.47. The van der Waals surface area contributed by atoms with Gasteiger partial charge in [0.05, 0.1) is 6.54 Å². The molecule has 3 nitrogen and oxygen atoms in total. The maximum atomic E-state index is 12.9. The molecule has 0 spiro atoms. The maximum absolute atomic E-state index is 12.9. The average molecular weight is 251 g/mol. The predicted molar refractivity (Wildman–Crippen MR) is 64.0 cm³/mol. The zero-order valence-electron chi connectivity index (χ0n) is 9.14. The van der Waals surface area contributed by atoms with E-state index in [-0.39, 0.29) is 22.8 Å². The van der Waals surface area contributed by atoms with E-state index in [1.54, 1.807) is 12.3 Å². The van der Waals surface area contributed by atoms with Crippen LogP contribution in [-0.4, -0.2) is 10.4 Å². The third-order valence-electron chi connectivity index (χ3n) is 2.42. The number of ketones is 1. The van der Waals surface area contributed by atoms with Crippen molar-refractivity contribution >= 4 is 17.1 Å². The Morgan fingerprint density at radius 2 is 2.24 bits per heavy atom. The molecular formula is C12H10FNO2S. The first-order chi connectivity index (χ1) is 8.08. The standard InChI is InChI=1S/C12H10FNO2S/c1-8-7-17-12(16)14(8)6-11(15)9-3-2-4-10(13)5-9/h2-5,7H,6H2,1H3. The van der Waals surface area contributed by atoms with Crippen LogP contribution in [0.2, 0.25) is 0 Å². The van der Waals surface area contributed by atoms with Crippen molar-refractivity contribution in [2.75, 3.05) is 0 Å². The number of rotatable bonds is 3. The van der Waals surface area contributed by atoms with Gasteiger partial charge in [0.2, 0.25) is 0 Å². The Balaban J connectivity index is 2.26. The monoisotopic (exact) mass is 251 g/mol. The molecule has 0 unspecified atom stereocenters. The van der Waals surface area contributed by atoms with E-state index in [1.807, 2.05) is 0 Å². The van der Waals surface area contributed by atoms with E-state index < -0.39 is 5.82 Å². The first-order valence-corrected chi connectivity index (χ1v) is 5.89. The molecule has 0 atom stereocenters. The largest absolute Gasteiger partial charge is 0.307 e. The van der Waals surface area contributed by atoms with E-state index in [0.29, 0.717) is 0 Å². The fourth-order valence-corrected chi connectivity index (χ4v) is 2.23. The fourth-order valence-electron chi connectivity index (χ4n) is 1.49. The highest BCUT2D eigenvalue weighted by molar-refractivity contribution is 7.07. The lowest BCUT2D eigenvalue weighted by molar-refractivity contribution is 0.0970. The Morgan fingerprint density at radius 1 is 1.47 bits per heavy atom. The molecule has 1 aromatic carbocycles. The van der Waals surface area contributed by atoms with Gasteiger partial charge in [-0.05, 0) is 19.1 Å². The number of carbonyl (C=O) groups is 1. The smallest absolute Gasteiger partial charge is 0.296 e. The molecule has 88 valence electrons. The molecule has 0 aliphatic heterocycles. The minimum absolute atomic E-state index is 0.0440. The Bertz CT molecular complexity index is 615. The van der Waals surface area contributed by atoms with E-state index in [0.717, 1.165) is 17.0 Å². The number of aromatic nitrogens is 1. The highest BCUT2D eigenvalue weighted by Crippen LogP contribution is 2.07. The zero-order valence-corrected chi connectivity index (χ0v) is 9.96. The van der Waals surface area contributed by atoms with Gasteiger partial charge < -0.3 is 0 Å². The summed E-state index contributed by atoms with van der Waals surface area (Å²) in [6.07, 6.45) is 0. The number of Topliss-reactive ketones (excluding diaryl/α,β-unsaturated/α-hetero) is 1. The van der Waals surface area contributed by atoms with Crippen LogP contribution in [0.1, 0.15) is 16.1 Å².